The topological polar surface area (TPSA) is 90.3 Å². The second-order valence-corrected chi connectivity index (χ2v) is 9.21. The fourth-order valence-corrected chi connectivity index (χ4v) is 4.46. The lowest BCUT2D eigenvalue weighted by Crippen LogP contribution is -2.25. The van der Waals surface area contributed by atoms with Crippen LogP contribution >= 0.6 is 23.4 Å². The Labute approximate surface area is 211 Å². The molecule has 0 bridgehead atoms. The molecule has 35 heavy (non-hydrogen) atoms. The first-order valence-corrected chi connectivity index (χ1v) is 12.1. The zero-order valence-corrected chi connectivity index (χ0v) is 20.7. The van der Waals surface area contributed by atoms with Crippen LogP contribution in [-0.2, 0) is 16.1 Å². The lowest BCUT2D eigenvalue weighted by Gasteiger charge is -2.12. The van der Waals surface area contributed by atoms with Crippen molar-refractivity contribution in [3.05, 3.63) is 93.4 Å². The molecule has 1 N–H and O–H groups in total. The second kappa shape index (κ2) is 10.8. The summed E-state index contributed by atoms with van der Waals surface area (Å²) in [4.78, 5) is 44.3. The van der Waals surface area contributed by atoms with E-state index in [4.69, 9.17) is 16.3 Å². The predicted molar refractivity (Wildman–Crippen MR) is 137 cm³/mol. The molecule has 0 aliphatic heterocycles. The number of rotatable bonds is 7. The molecule has 2 aromatic carbocycles. The fourth-order valence-electron chi connectivity index (χ4n) is 3.43. The summed E-state index contributed by atoms with van der Waals surface area (Å²) in [6.45, 7) is 3.69. The van der Waals surface area contributed by atoms with E-state index < -0.39 is 23.9 Å². The van der Waals surface area contributed by atoms with Crippen molar-refractivity contribution in [3.8, 4) is 0 Å². The number of halogens is 1. The fraction of sp³-hybridized carbons (Fsp3) is 0.154. The predicted octanol–water partition coefficient (Wildman–Crippen LogP) is 5.32. The monoisotopic (exact) mass is 507 g/mol. The van der Waals surface area contributed by atoms with Gasteiger partial charge in [0.05, 0.1) is 11.1 Å². The van der Waals surface area contributed by atoms with Gasteiger partial charge in [-0.1, -0.05) is 35.5 Å². The Balaban J connectivity index is 1.46. The Morgan fingerprint density at radius 3 is 2.57 bits per heavy atom. The summed E-state index contributed by atoms with van der Waals surface area (Å²) in [5, 5.41) is 3.73. The van der Waals surface area contributed by atoms with Crippen LogP contribution in [0.5, 0.6) is 0 Å². The van der Waals surface area contributed by atoms with Crippen molar-refractivity contribution in [2.75, 3.05) is 11.9 Å². The van der Waals surface area contributed by atoms with Gasteiger partial charge in [0.15, 0.2) is 6.61 Å². The van der Waals surface area contributed by atoms with Crippen LogP contribution in [0.2, 0.25) is 5.02 Å². The molecule has 0 atom stereocenters. The summed E-state index contributed by atoms with van der Waals surface area (Å²) < 4.78 is 6.89. The summed E-state index contributed by atoms with van der Waals surface area (Å²) in [6, 6.07) is 18.0. The number of carbonyl (C=O) groups excluding carboxylic acids is 2. The molecule has 4 rings (SSSR count). The van der Waals surface area contributed by atoms with Gasteiger partial charge in [-0.15, -0.1) is 0 Å². The van der Waals surface area contributed by atoms with Crippen LogP contribution in [0.15, 0.2) is 81.4 Å². The Morgan fingerprint density at radius 1 is 1.09 bits per heavy atom. The van der Waals surface area contributed by atoms with Crippen LogP contribution in [0.25, 0.3) is 11.0 Å². The van der Waals surface area contributed by atoms with Crippen LogP contribution in [0, 0.1) is 6.92 Å². The number of aryl methyl sites for hydroxylation is 2. The number of esters is 1. The smallest absolute Gasteiger partial charge is 0.344 e. The van der Waals surface area contributed by atoms with Crippen LogP contribution in [-0.4, -0.2) is 28.0 Å². The van der Waals surface area contributed by atoms with Crippen molar-refractivity contribution in [3.63, 3.8) is 0 Å². The minimum Gasteiger partial charge on any atom is -0.452 e. The third kappa shape index (κ3) is 5.72. The third-order valence-corrected chi connectivity index (χ3v) is 6.49. The van der Waals surface area contributed by atoms with E-state index in [0.717, 1.165) is 15.5 Å². The van der Waals surface area contributed by atoms with Crippen molar-refractivity contribution in [2.45, 2.75) is 30.2 Å². The van der Waals surface area contributed by atoms with Crippen LogP contribution < -0.4 is 10.7 Å². The lowest BCUT2D eigenvalue weighted by molar-refractivity contribution is -0.119. The highest BCUT2D eigenvalue weighted by Crippen LogP contribution is 2.33. The van der Waals surface area contributed by atoms with Crippen LogP contribution in [0.4, 0.5) is 5.69 Å². The average molecular weight is 508 g/mol. The number of fused-ring (bicyclic) bond motifs is 1. The molecule has 0 saturated heterocycles. The van der Waals surface area contributed by atoms with E-state index in [2.05, 4.69) is 10.3 Å². The second-order valence-electron chi connectivity index (χ2n) is 7.66. The van der Waals surface area contributed by atoms with Crippen LogP contribution in [0.1, 0.15) is 23.0 Å². The molecule has 2 aromatic heterocycles. The van der Waals surface area contributed by atoms with Gasteiger partial charge < -0.3 is 14.6 Å². The summed E-state index contributed by atoms with van der Waals surface area (Å²) in [6.07, 6.45) is 1.43. The molecule has 9 heteroatoms. The number of aromatic nitrogens is 2. The zero-order chi connectivity index (χ0) is 24.9. The maximum Gasteiger partial charge on any atom is 0.344 e. The normalized spacial score (nSPS) is 10.8. The third-order valence-electron chi connectivity index (χ3n) is 5.16. The van der Waals surface area contributed by atoms with E-state index in [0.29, 0.717) is 28.3 Å². The van der Waals surface area contributed by atoms with Crippen molar-refractivity contribution < 1.29 is 14.3 Å². The summed E-state index contributed by atoms with van der Waals surface area (Å²) in [7, 11) is 0. The molecule has 0 aliphatic rings. The van der Waals surface area contributed by atoms with Gasteiger partial charge in [-0.3, -0.25) is 9.59 Å². The molecule has 7 nitrogen and oxygen atoms in total. The minimum absolute atomic E-state index is 0.142. The Kier molecular flexibility index (Phi) is 7.53. The van der Waals surface area contributed by atoms with Crippen LogP contribution in [0.3, 0.4) is 0 Å². The molecule has 0 aliphatic carbocycles. The van der Waals surface area contributed by atoms with Crippen molar-refractivity contribution >= 4 is 52.0 Å². The van der Waals surface area contributed by atoms with Gasteiger partial charge in [-0.25, -0.2) is 9.78 Å². The number of ether oxygens (including phenoxy) is 1. The zero-order valence-electron chi connectivity index (χ0n) is 19.1. The standard InChI is InChI=1S/C26H22ClN3O4S/c1-3-30-14-20(24(32)19-13-8-16(2)28-25(19)30)26(33)34-15-23(31)29-21-6-4-5-7-22(21)35-18-11-9-17(27)10-12-18/h4-14H,3,15H2,1-2H3,(H,29,31). The number of benzene rings is 2. The number of anilines is 1. The summed E-state index contributed by atoms with van der Waals surface area (Å²) in [5.41, 5.74) is 1.22. The summed E-state index contributed by atoms with van der Waals surface area (Å²) in [5.74, 6) is -1.38. The molecule has 0 unspecified atom stereocenters. The maximum atomic E-state index is 12.9. The van der Waals surface area contributed by atoms with Gasteiger partial charge in [0.1, 0.15) is 11.2 Å². The first kappa shape index (κ1) is 24.5. The molecule has 1 amide bonds. The Hall–Kier alpha value is -3.62. The molecular weight excluding hydrogens is 486 g/mol. The number of nitrogens with zero attached hydrogens (tertiary/aromatic N) is 2. The van der Waals surface area contributed by atoms with Gasteiger partial charge >= 0.3 is 5.97 Å². The van der Waals surface area contributed by atoms with E-state index in [1.807, 2.05) is 38.1 Å². The number of hydrogen-bond donors (Lipinski definition) is 1. The highest BCUT2D eigenvalue weighted by Gasteiger charge is 2.19. The number of hydrogen-bond acceptors (Lipinski definition) is 6. The van der Waals surface area contributed by atoms with E-state index in [1.54, 1.807) is 41.0 Å². The van der Waals surface area contributed by atoms with Gasteiger partial charge in [0.25, 0.3) is 5.91 Å². The molecule has 4 aromatic rings. The highest BCUT2D eigenvalue weighted by molar-refractivity contribution is 7.99. The molecule has 2 heterocycles. The van der Waals surface area contributed by atoms with E-state index in [9.17, 15) is 14.4 Å². The largest absolute Gasteiger partial charge is 0.452 e. The number of para-hydroxylation sites is 1. The SMILES string of the molecule is CCn1cc(C(=O)OCC(=O)Nc2ccccc2Sc2ccc(Cl)cc2)c(=O)c2ccc(C)nc21. The first-order valence-electron chi connectivity index (χ1n) is 10.9. The minimum atomic E-state index is -0.862. The molecule has 178 valence electrons. The highest BCUT2D eigenvalue weighted by atomic mass is 35.5. The van der Waals surface area contributed by atoms with Gasteiger partial charge in [-0.05, 0) is 62.4 Å². The average Bonchev–Trinajstić information content (AvgIpc) is 2.85. The molecule has 0 radical (unpaired) electrons. The van der Waals surface area contributed by atoms with Gasteiger partial charge in [0.2, 0.25) is 5.43 Å². The quantitative estimate of drug-likeness (QED) is 0.340. The molecular formula is C26H22ClN3O4S. The van der Waals surface area contributed by atoms with Crippen molar-refractivity contribution in [2.24, 2.45) is 0 Å². The maximum absolute atomic E-state index is 12.9. The van der Waals surface area contributed by atoms with Crippen molar-refractivity contribution in [1.82, 2.24) is 9.55 Å². The summed E-state index contributed by atoms with van der Waals surface area (Å²) >= 11 is 7.41. The lowest BCUT2D eigenvalue weighted by atomic mass is 10.2. The number of amides is 1. The van der Waals surface area contributed by atoms with E-state index in [1.165, 1.54) is 18.0 Å². The number of carbonyl (C=O) groups is 2. The van der Waals surface area contributed by atoms with Crippen molar-refractivity contribution in [1.29, 1.82) is 0 Å². The van der Waals surface area contributed by atoms with Gasteiger partial charge in [0, 0.05) is 33.2 Å². The Morgan fingerprint density at radius 2 is 1.83 bits per heavy atom. The molecule has 0 saturated carbocycles. The molecule has 0 spiro atoms. The molecule has 0 fully saturated rings. The Bertz CT molecular complexity index is 1470. The number of nitrogens with one attached hydrogen (secondary N) is 1. The van der Waals surface area contributed by atoms with E-state index in [-0.39, 0.29) is 5.56 Å². The number of pyridine rings is 2. The van der Waals surface area contributed by atoms with E-state index >= 15 is 0 Å². The first-order chi connectivity index (χ1) is 16.9. The van der Waals surface area contributed by atoms with Gasteiger partial charge in [-0.2, -0.15) is 0 Å².